The van der Waals surface area contributed by atoms with E-state index in [4.69, 9.17) is 9.47 Å². The first-order chi connectivity index (χ1) is 14.2. The molecule has 29 heavy (non-hydrogen) atoms. The molecule has 1 aliphatic heterocycles. The molecule has 2 aromatic rings. The number of ether oxygens (including phenoxy) is 2. The molecule has 2 fully saturated rings. The molecule has 1 aliphatic carbocycles. The van der Waals surface area contributed by atoms with Gasteiger partial charge in [0.1, 0.15) is 5.78 Å². The van der Waals surface area contributed by atoms with E-state index in [1.54, 1.807) is 0 Å². The van der Waals surface area contributed by atoms with Crippen LogP contribution in [-0.2, 0) is 11.2 Å². The third-order valence-electron chi connectivity index (χ3n) is 6.01. The summed E-state index contributed by atoms with van der Waals surface area (Å²) in [5.74, 6) is 2.21. The van der Waals surface area contributed by atoms with Gasteiger partial charge in [0.05, 0.1) is 19.1 Å². The standard InChI is InChI=1S/C24H30N2O3/c1-3-28-22-11-10-16(13-23(22)29-4-2)12-19-24-20(26-25-19)14-18(15-21(24)27)17-8-6-5-7-9-17/h5-11,13,18-20,24-26H,3-4,12,14-15H2,1-2H3. The predicted octanol–water partition coefficient (Wildman–Crippen LogP) is 3.63. The Morgan fingerprint density at radius 2 is 1.72 bits per heavy atom. The summed E-state index contributed by atoms with van der Waals surface area (Å²) in [6.07, 6.45) is 2.39. The van der Waals surface area contributed by atoms with E-state index in [0.29, 0.717) is 31.3 Å². The van der Waals surface area contributed by atoms with Crippen molar-refractivity contribution < 1.29 is 14.3 Å². The average Bonchev–Trinajstić information content (AvgIpc) is 3.14. The van der Waals surface area contributed by atoms with Crippen LogP contribution in [0, 0.1) is 5.92 Å². The van der Waals surface area contributed by atoms with Gasteiger partial charge in [0.15, 0.2) is 11.5 Å². The van der Waals surface area contributed by atoms with E-state index in [1.165, 1.54) is 5.56 Å². The number of hydrazine groups is 1. The molecule has 1 heterocycles. The first-order valence-electron chi connectivity index (χ1n) is 10.7. The van der Waals surface area contributed by atoms with Crippen LogP contribution < -0.4 is 20.3 Å². The number of nitrogens with one attached hydrogen (secondary N) is 2. The number of carbonyl (C=O) groups is 1. The number of hydrogen-bond acceptors (Lipinski definition) is 5. The zero-order valence-electron chi connectivity index (χ0n) is 17.2. The van der Waals surface area contributed by atoms with Crippen molar-refractivity contribution in [1.29, 1.82) is 0 Å². The number of carbonyl (C=O) groups excluding carboxylic acids is 1. The summed E-state index contributed by atoms with van der Waals surface area (Å²) in [6.45, 7) is 5.14. The van der Waals surface area contributed by atoms with Crippen LogP contribution in [0.4, 0.5) is 0 Å². The molecule has 2 aliphatic rings. The Bertz CT molecular complexity index is 839. The zero-order valence-corrected chi connectivity index (χ0v) is 17.2. The predicted molar refractivity (Wildman–Crippen MR) is 113 cm³/mol. The number of ketones is 1. The van der Waals surface area contributed by atoms with Gasteiger partial charge in [-0.05, 0) is 55.9 Å². The van der Waals surface area contributed by atoms with Crippen LogP contribution in [0.25, 0.3) is 0 Å². The molecule has 1 saturated heterocycles. The largest absolute Gasteiger partial charge is 0.490 e. The first-order valence-corrected chi connectivity index (χ1v) is 10.7. The van der Waals surface area contributed by atoms with Crippen LogP contribution in [0.1, 0.15) is 43.7 Å². The molecular weight excluding hydrogens is 364 g/mol. The van der Waals surface area contributed by atoms with Crippen LogP contribution in [0.5, 0.6) is 11.5 Å². The summed E-state index contributed by atoms with van der Waals surface area (Å²) in [6, 6.07) is 16.8. The summed E-state index contributed by atoms with van der Waals surface area (Å²) in [5, 5.41) is 0. The number of benzene rings is 2. The van der Waals surface area contributed by atoms with E-state index in [1.807, 2.05) is 32.0 Å². The Kier molecular flexibility index (Phi) is 6.16. The molecule has 0 radical (unpaired) electrons. The molecule has 154 valence electrons. The molecule has 4 atom stereocenters. The van der Waals surface area contributed by atoms with Crippen molar-refractivity contribution >= 4 is 5.78 Å². The second kappa shape index (κ2) is 8.97. The smallest absolute Gasteiger partial charge is 0.161 e. The first kappa shape index (κ1) is 19.9. The SMILES string of the molecule is CCOc1ccc(CC2NNC3CC(c4ccccc4)CC(=O)C23)cc1OCC. The number of rotatable bonds is 7. The van der Waals surface area contributed by atoms with Gasteiger partial charge in [-0.3, -0.25) is 15.6 Å². The molecule has 0 bridgehead atoms. The molecule has 5 heteroatoms. The van der Waals surface area contributed by atoms with Crippen molar-refractivity contribution in [3.8, 4) is 11.5 Å². The highest BCUT2D eigenvalue weighted by Gasteiger charge is 2.45. The molecule has 4 unspecified atom stereocenters. The number of Topliss-reactive ketones (excluding diaryl/α,β-unsaturated/α-hetero) is 1. The highest BCUT2D eigenvalue weighted by molar-refractivity contribution is 5.84. The molecule has 0 amide bonds. The maximum absolute atomic E-state index is 13.0. The van der Waals surface area contributed by atoms with Crippen molar-refractivity contribution in [2.24, 2.45) is 5.92 Å². The van der Waals surface area contributed by atoms with Gasteiger partial charge in [-0.25, -0.2) is 0 Å². The van der Waals surface area contributed by atoms with Crippen molar-refractivity contribution in [3.63, 3.8) is 0 Å². The molecule has 0 aromatic heterocycles. The van der Waals surface area contributed by atoms with Crippen LogP contribution in [0.2, 0.25) is 0 Å². The van der Waals surface area contributed by atoms with Gasteiger partial charge in [0.25, 0.3) is 0 Å². The molecular formula is C24H30N2O3. The van der Waals surface area contributed by atoms with Crippen LogP contribution in [0.3, 0.4) is 0 Å². The molecule has 2 N–H and O–H groups in total. The van der Waals surface area contributed by atoms with E-state index in [0.717, 1.165) is 29.9 Å². The molecule has 2 aromatic carbocycles. The quantitative estimate of drug-likeness (QED) is 0.751. The van der Waals surface area contributed by atoms with E-state index in [-0.39, 0.29) is 18.0 Å². The second-order valence-electron chi connectivity index (χ2n) is 7.89. The van der Waals surface area contributed by atoms with Crippen LogP contribution >= 0.6 is 0 Å². The number of fused-ring (bicyclic) bond motifs is 1. The second-order valence-corrected chi connectivity index (χ2v) is 7.89. The van der Waals surface area contributed by atoms with Gasteiger partial charge in [-0.1, -0.05) is 36.4 Å². The zero-order chi connectivity index (χ0) is 20.2. The minimum absolute atomic E-state index is 0.0112. The van der Waals surface area contributed by atoms with Crippen LogP contribution in [0.15, 0.2) is 48.5 Å². The summed E-state index contributed by atoms with van der Waals surface area (Å²) in [4.78, 5) is 13.0. The van der Waals surface area contributed by atoms with E-state index >= 15 is 0 Å². The fraction of sp³-hybridized carbons (Fsp3) is 0.458. The Balaban J connectivity index is 1.46. The van der Waals surface area contributed by atoms with Gasteiger partial charge in [-0.15, -0.1) is 0 Å². The normalized spacial score (nSPS) is 26.2. The summed E-state index contributed by atoms with van der Waals surface area (Å²) in [7, 11) is 0. The van der Waals surface area contributed by atoms with Crippen molar-refractivity contribution in [2.45, 2.75) is 51.1 Å². The minimum Gasteiger partial charge on any atom is -0.490 e. The Morgan fingerprint density at radius 3 is 2.48 bits per heavy atom. The molecule has 1 saturated carbocycles. The Labute approximate surface area is 172 Å². The van der Waals surface area contributed by atoms with Gasteiger partial charge in [0.2, 0.25) is 0 Å². The van der Waals surface area contributed by atoms with Gasteiger partial charge >= 0.3 is 0 Å². The fourth-order valence-electron chi connectivity index (χ4n) is 4.73. The van der Waals surface area contributed by atoms with Crippen molar-refractivity contribution in [3.05, 3.63) is 59.7 Å². The third-order valence-corrected chi connectivity index (χ3v) is 6.01. The van der Waals surface area contributed by atoms with E-state index in [2.05, 4.69) is 41.2 Å². The lowest BCUT2D eigenvalue weighted by molar-refractivity contribution is -0.125. The maximum atomic E-state index is 13.0. The summed E-state index contributed by atoms with van der Waals surface area (Å²) < 4.78 is 11.4. The monoisotopic (exact) mass is 394 g/mol. The lowest BCUT2D eigenvalue weighted by Crippen LogP contribution is -2.41. The van der Waals surface area contributed by atoms with Gasteiger partial charge in [-0.2, -0.15) is 0 Å². The highest BCUT2D eigenvalue weighted by Crippen LogP contribution is 2.38. The van der Waals surface area contributed by atoms with Gasteiger partial charge in [0, 0.05) is 18.5 Å². The Morgan fingerprint density at radius 1 is 0.966 bits per heavy atom. The van der Waals surface area contributed by atoms with Gasteiger partial charge < -0.3 is 9.47 Å². The third kappa shape index (κ3) is 4.31. The van der Waals surface area contributed by atoms with Crippen molar-refractivity contribution in [1.82, 2.24) is 10.9 Å². The van der Waals surface area contributed by atoms with E-state index in [9.17, 15) is 4.79 Å². The van der Waals surface area contributed by atoms with Crippen molar-refractivity contribution in [2.75, 3.05) is 13.2 Å². The minimum atomic E-state index is 0.0112. The molecule has 0 spiro atoms. The average molecular weight is 395 g/mol. The molecule has 4 rings (SSSR count). The highest BCUT2D eigenvalue weighted by atomic mass is 16.5. The lowest BCUT2D eigenvalue weighted by atomic mass is 9.72. The molecule has 5 nitrogen and oxygen atoms in total. The maximum Gasteiger partial charge on any atom is 0.161 e. The number of hydrogen-bond donors (Lipinski definition) is 2. The van der Waals surface area contributed by atoms with Crippen LogP contribution in [-0.4, -0.2) is 31.1 Å². The lowest BCUT2D eigenvalue weighted by Gasteiger charge is -2.32. The fourth-order valence-corrected chi connectivity index (χ4v) is 4.73. The topological polar surface area (TPSA) is 59.6 Å². The van der Waals surface area contributed by atoms with E-state index < -0.39 is 0 Å². The Hall–Kier alpha value is -2.37. The summed E-state index contributed by atoms with van der Waals surface area (Å²) >= 11 is 0. The summed E-state index contributed by atoms with van der Waals surface area (Å²) in [5.41, 5.74) is 9.21.